The second-order valence-electron chi connectivity index (χ2n) is 4.11. The maximum absolute atomic E-state index is 11.4. The van der Waals surface area contributed by atoms with Crippen molar-refractivity contribution in [2.45, 2.75) is 57.4 Å². The van der Waals surface area contributed by atoms with Crippen molar-refractivity contribution in [1.82, 2.24) is 5.32 Å². The summed E-state index contributed by atoms with van der Waals surface area (Å²) in [7, 11) is 0. The molecule has 1 amide bonds. The number of hydrogen-bond donors (Lipinski definition) is 1. The Morgan fingerprint density at radius 3 is 2.20 bits per heavy atom. The van der Waals surface area contributed by atoms with Gasteiger partial charge in [-0.05, 0) is 24.4 Å². The summed E-state index contributed by atoms with van der Waals surface area (Å²) in [6, 6.07) is 0.311. The van der Waals surface area contributed by atoms with E-state index in [4.69, 9.17) is 11.6 Å². The maximum atomic E-state index is 11.4. The van der Waals surface area contributed by atoms with Gasteiger partial charge in [-0.15, -0.1) is 0 Å². The zero-order chi connectivity index (χ0) is 11.1. The highest BCUT2D eigenvalue weighted by Gasteiger charge is 2.14. The van der Waals surface area contributed by atoms with Crippen molar-refractivity contribution < 1.29 is 9.59 Å². The van der Waals surface area contributed by atoms with Crippen LogP contribution in [-0.2, 0) is 9.59 Å². The second-order valence-corrected chi connectivity index (χ2v) is 4.53. The lowest BCUT2D eigenvalue weighted by Gasteiger charge is -2.15. The van der Waals surface area contributed by atoms with Crippen LogP contribution in [0.5, 0.6) is 0 Å². The fourth-order valence-electron chi connectivity index (χ4n) is 1.94. The molecule has 1 fully saturated rings. The van der Waals surface area contributed by atoms with Gasteiger partial charge in [0.1, 0.15) is 0 Å². The number of carbonyl (C=O) groups excluding carboxylic acids is 2. The third-order valence-corrected chi connectivity index (χ3v) is 2.96. The summed E-state index contributed by atoms with van der Waals surface area (Å²) in [6.45, 7) is 0. The minimum absolute atomic E-state index is 0.0455. The summed E-state index contributed by atoms with van der Waals surface area (Å²) in [5, 5.41) is 2.53. The van der Waals surface area contributed by atoms with Gasteiger partial charge >= 0.3 is 0 Å². The largest absolute Gasteiger partial charge is 0.353 e. The molecule has 0 aromatic heterocycles. The predicted molar refractivity (Wildman–Crippen MR) is 59.7 cm³/mol. The van der Waals surface area contributed by atoms with Crippen LogP contribution < -0.4 is 5.32 Å². The van der Waals surface area contributed by atoms with Gasteiger partial charge in [-0.2, -0.15) is 0 Å². The molecular formula is C11H18ClNO2. The Morgan fingerprint density at radius 1 is 1.07 bits per heavy atom. The molecule has 0 heterocycles. The van der Waals surface area contributed by atoms with E-state index in [0.717, 1.165) is 12.8 Å². The quantitative estimate of drug-likeness (QED) is 0.597. The van der Waals surface area contributed by atoms with Crippen molar-refractivity contribution in [1.29, 1.82) is 0 Å². The first-order chi connectivity index (χ1) is 7.18. The van der Waals surface area contributed by atoms with Gasteiger partial charge in [-0.25, -0.2) is 0 Å². The Kier molecular flexibility index (Phi) is 5.69. The molecule has 0 unspecified atom stereocenters. The van der Waals surface area contributed by atoms with Crippen molar-refractivity contribution in [3.05, 3.63) is 0 Å². The molecule has 0 atom stereocenters. The molecule has 3 nitrogen and oxygen atoms in total. The third kappa shape index (κ3) is 5.78. The Balaban J connectivity index is 2.20. The average Bonchev–Trinajstić information content (AvgIpc) is 2.43. The van der Waals surface area contributed by atoms with Crippen LogP contribution >= 0.6 is 11.6 Å². The van der Waals surface area contributed by atoms with E-state index in [0.29, 0.717) is 6.04 Å². The van der Waals surface area contributed by atoms with Gasteiger partial charge in [0, 0.05) is 18.9 Å². The lowest BCUT2D eigenvalue weighted by molar-refractivity contribution is -0.123. The highest BCUT2D eigenvalue weighted by Crippen LogP contribution is 2.17. The van der Waals surface area contributed by atoms with E-state index >= 15 is 0 Å². The van der Waals surface area contributed by atoms with E-state index in [-0.39, 0.29) is 18.7 Å². The normalized spacial score (nSPS) is 18.2. The molecule has 1 N–H and O–H groups in total. The van der Waals surface area contributed by atoms with Gasteiger partial charge in [0.15, 0.2) is 0 Å². The molecule has 1 aliphatic rings. The van der Waals surface area contributed by atoms with Gasteiger partial charge < -0.3 is 5.32 Å². The van der Waals surface area contributed by atoms with Crippen LogP contribution in [0.2, 0.25) is 0 Å². The number of amides is 1. The lowest BCUT2D eigenvalue weighted by Crippen LogP contribution is -2.34. The highest BCUT2D eigenvalue weighted by atomic mass is 35.5. The molecule has 4 heteroatoms. The van der Waals surface area contributed by atoms with Gasteiger partial charge in [-0.3, -0.25) is 9.59 Å². The molecule has 0 saturated heterocycles. The van der Waals surface area contributed by atoms with Gasteiger partial charge in [0.25, 0.3) is 0 Å². The monoisotopic (exact) mass is 231 g/mol. The Morgan fingerprint density at radius 2 is 1.67 bits per heavy atom. The van der Waals surface area contributed by atoms with Crippen LogP contribution in [0.4, 0.5) is 0 Å². The van der Waals surface area contributed by atoms with Gasteiger partial charge in [-0.1, -0.05) is 25.7 Å². The van der Waals surface area contributed by atoms with Crippen LogP contribution in [0, 0.1) is 0 Å². The van der Waals surface area contributed by atoms with E-state index in [1.165, 1.54) is 25.7 Å². The van der Waals surface area contributed by atoms with Gasteiger partial charge in [0.2, 0.25) is 11.1 Å². The molecule has 0 radical (unpaired) electrons. The molecule has 0 aromatic carbocycles. The first-order valence-electron chi connectivity index (χ1n) is 5.66. The molecule has 0 aliphatic heterocycles. The standard InChI is InChI=1S/C11H18ClNO2/c12-10(14)7-8-11(15)13-9-5-3-1-2-4-6-9/h9H,1-8H2,(H,13,15). The van der Waals surface area contributed by atoms with Crippen LogP contribution in [0.15, 0.2) is 0 Å². The van der Waals surface area contributed by atoms with Crippen molar-refractivity contribution in [2.75, 3.05) is 0 Å². The van der Waals surface area contributed by atoms with Crippen molar-refractivity contribution >= 4 is 22.8 Å². The van der Waals surface area contributed by atoms with Crippen LogP contribution in [-0.4, -0.2) is 17.2 Å². The fourth-order valence-corrected chi connectivity index (χ4v) is 2.03. The van der Waals surface area contributed by atoms with E-state index in [9.17, 15) is 9.59 Å². The first-order valence-corrected chi connectivity index (χ1v) is 6.04. The fraction of sp³-hybridized carbons (Fsp3) is 0.818. The summed E-state index contributed by atoms with van der Waals surface area (Å²) >= 11 is 5.17. The first kappa shape index (κ1) is 12.5. The van der Waals surface area contributed by atoms with Crippen molar-refractivity contribution in [3.63, 3.8) is 0 Å². The average molecular weight is 232 g/mol. The SMILES string of the molecule is O=C(Cl)CCC(=O)NC1CCCCCC1. The lowest BCUT2D eigenvalue weighted by atomic mass is 10.1. The molecule has 0 spiro atoms. The minimum atomic E-state index is -0.439. The van der Waals surface area contributed by atoms with Crippen LogP contribution in [0.1, 0.15) is 51.4 Å². The van der Waals surface area contributed by atoms with E-state index in [2.05, 4.69) is 5.32 Å². The Bertz CT molecular complexity index is 223. The summed E-state index contributed by atoms with van der Waals surface area (Å²) in [5.74, 6) is -0.0455. The van der Waals surface area contributed by atoms with E-state index < -0.39 is 5.24 Å². The molecule has 0 aromatic rings. The molecular weight excluding hydrogens is 214 g/mol. The maximum Gasteiger partial charge on any atom is 0.222 e. The summed E-state index contributed by atoms with van der Waals surface area (Å²) in [5.41, 5.74) is 0. The Labute approximate surface area is 95.6 Å². The van der Waals surface area contributed by atoms with Gasteiger partial charge in [0.05, 0.1) is 0 Å². The van der Waals surface area contributed by atoms with E-state index in [1.807, 2.05) is 0 Å². The molecule has 1 rings (SSSR count). The van der Waals surface area contributed by atoms with Crippen LogP contribution in [0.3, 0.4) is 0 Å². The second kappa shape index (κ2) is 6.83. The van der Waals surface area contributed by atoms with E-state index in [1.54, 1.807) is 0 Å². The smallest absolute Gasteiger partial charge is 0.222 e. The molecule has 86 valence electrons. The molecule has 1 saturated carbocycles. The summed E-state index contributed by atoms with van der Waals surface area (Å²) in [6.07, 6.45) is 7.43. The Hall–Kier alpha value is -0.570. The minimum Gasteiger partial charge on any atom is -0.353 e. The zero-order valence-corrected chi connectivity index (χ0v) is 9.68. The van der Waals surface area contributed by atoms with Crippen molar-refractivity contribution in [2.24, 2.45) is 0 Å². The number of carbonyl (C=O) groups is 2. The van der Waals surface area contributed by atoms with Crippen molar-refractivity contribution in [3.8, 4) is 0 Å². The van der Waals surface area contributed by atoms with Crippen LogP contribution in [0.25, 0.3) is 0 Å². The number of nitrogens with one attached hydrogen (secondary N) is 1. The summed E-state index contributed by atoms with van der Waals surface area (Å²) < 4.78 is 0. The zero-order valence-electron chi connectivity index (χ0n) is 8.93. The molecule has 15 heavy (non-hydrogen) atoms. The predicted octanol–water partition coefficient (Wildman–Crippen LogP) is 2.37. The summed E-state index contributed by atoms with van der Waals surface area (Å²) in [4.78, 5) is 21.9. The number of rotatable bonds is 4. The highest BCUT2D eigenvalue weighted by molar-refractivity contribution is 6.63. The number of halogens is 1. The number of hydrogen-bond acceptors (Lipinski definition) is 2. The molecule has 0 bridgehead atoms. The third-order valence-electron chi connectivity index (χ3n) is 2.77. The molecule has 1 aliphatic carbocycles. The topological polar surface area (TPSA) is 46.2 Å².